The molecule has 1 aliphatic carbocycles. The Morgan fingerprint density at radius 1 is 1.37 bits per heavy atom. The molecule has 1 rings (SSSR count). The quantitative estimate of drug-likeness (QED) is 0.777. The summed E-state index contributed by atoms with van der Waals surface area (Å²) in [4.78, 5) is 11.5. The maximum Gasteiger partial charge on any atom is 0.407 e. The first-order valence-electron chi connectivity index (χ1n) is 7.06. The third-order valence-corrected chi connectivity index (χ3v) is 3.20. The number of carbonyl (C=O) groups excluding carboxylic acids is 1. The Morgan fingerprint density at radius 3 is 2.53 bits per heavy atom. The van der Waals surface area contributed by atoms with Crippen molar-refractivity contribution in [1.29, 1.82) is 0 Å². The van der Waals surface area contributed by atoms with E-state index in [-0.39, 0.29) is 12.1 Å². The largest absolute Gasteiger partial charge is 0.444 e. The lowest BCUT2D eigenvalue weighted by Gasteiger charge is -2.35. The molecule has 0 spiro atoms. The van der Waals surface area contributed by atoms with E-state index in [2.05, 4.69) is 10.6 Å². The molecule has 0 radical (unpaired) electrons. The molecular weight excluding hydrogens is 244 g/mol. The molecule has 5 nitrogen and oxygen atoms in total. The monoisotopic (exact) mass is 272 g/mol. The highest BCUT2D eigenvalue weighted by atomic mass is 16.6. The van der Waals surface area contributed by atoms with E-state index >= 15 is 0 Å². The first-order chi connectivity index (χ1) is 8.80. The van der Waals surface area contributed by atoms with Crippen molar-refractivity contribution in [2.45, 2.75) is 70.7 Å². The minimum absolute atomic E-state index is 0.112. The molecule has 1 aliphatic rings. The third-order valence-electron chi connectivity index (χ3n) is 3.20. The number of hydrogen-bond acceptors (Lipinski definition) is 4. The topological polar surface area (TPSA) is 59.6 Å². The summed E-state index contributed by atoms with van der Waals surface area (Å²) >= 11 is 0. The van der Waals surface area contributed by atoms with Crippen molar-refractivity contribution in [3.8, 4) is 0 Å². The molecule has 1 atom stereocenters. The Balaban J connectivity index is 2.05. The van der Waals surface area contributed by atoms with Crippen LogP contribution in [0.2, 0.25) is 0 Å². The SMILES string of the molecule is COC1CC(NCCC(C)NC(=O)OC(C)(C)C)C1. The number of hydrogen-bond donors (Lipinski definition) is 2. The van der Waals surface area contributed by atoms with Gasteiger partial charge in [0.05, 0.1) is 6.10 Å². The van der Waals surface area contributed by atoms with Crippen molar-refractivity contribution < 1.29 is 14.3 Å². The highest BCUT2D eigenvalue weighted by Gasteiger charge is 2.28. The second-order valence-electron chi connectivity index (χ2n) is 6.32. The predicted octanol–water partition coefficient (Wildman–Crippen LogP) is 2.06. The van der Waals surface area contributed by atoms with Gasteiger partial charge in [-0.05, 0) is 53.5 Å². The molecule has 0 aliphatic heterocycles. The Hall–Kier alpha value is -0.810. The number of carbonyl (C=O) groups is 1. The fourth-order valence-corrected chi connectivity index (χ4v) is 2.01. The van der Waals surface area contributed by atoms with Gasteiger partial charge in [-0.15, -0.1) is 0 Å². The summed E-state index contributed by atoms with van der Waals surface area (Å²) in [5.41, 5.74) is -0.441. The number of rotatable bonds is 6. The van der Waals surface area contributed by atoms with Crippen molar-refractivity contribution in [1.82, 2.24) is 10.6 Å². The van der Waals surface area contributed by atoms with Crippen LogP contribution in [0.25, 0.3) is 0 Å². The standard InChI is InChI=1S/C14H28N2O3/c1-10(16-13(17)19-14(2,3)4)6-7-15-11-8-12(9-11)18-5/h10-12,15H,6-9H2,1-5H3,(H,16,17). The maximum atomic E-state index is 11.5. The summed E-state index contributed by atoms with van der Waals surface area (Å²) < 4.78 is 10.4. The van der Waals surface area contributed by atoms with Gasteiger partial charge < -0.3 is 20.1 Å². The number of amides is 1. The first-order valence-corrected chi connectivity index (χ1v) is 7.06. The van der Waals surface area contributed by atoms with Crippen LogP contribution in [0.1, 0.15) is 47.0 Å². The summed E-state index contributed by atoms with van der Waals surface area (Å²) in [7, 11) is 1.76. The molecule has 1 fully saturated rings. The van der Waals surface area contributed by atoms with Crippen molar-refractivity contribution >= 4 is 6.09 Å². The van der Waals surface area contributed by atoms with Crippen LogP contribution in [0.5, 0.6) is 0 Å². The average Bonchev–Trinajstić information content (AvgIpc) is 2.18. The molecule has 0 heterocycles. The van der Waals surface area contributed by atoms with Gasteiger partial charge >= 0.3 is 6.09 Å². The van der Waals surface area contributed by atoms with Crippen LogP contribution in [0, 0.1) is 0 Å². The molecule has 19 heavy (non-hydrogen) atoms. The van der Waals surface area contributed by atoms with Gasteiger partial charge in [0.15, 0.2) is 0 Å². The lowest BCUT2D eigenvalue weighted by atomic mass is 9.89. The lowest BCUT2D eigenvalue weighted by Crippen LogP contribution is -2.46. The first kappa shape index (κ1) is 16.2. The number of nitrogens with one attached hydrogen (secondary N) is 2. The molecule has 0 aromatic carbocycles. The minimum Gasteiger partial charge on any atom is -0.444 e. The molecule has 0 aromatic rings. The number of ether oxygens (including phenoxy) is 2. The molecule has 5 heteroatoms. The van der Waals surface area contributed by atoms with E-state index in [4.69, 9.17) is 9.47 Å². The van der Waals surface area contributed by atoms with E-state index in [0.29, 0.717) is 12.1 Å². The zero-order chi connectivity index (χ0) is 14.5. The second-order valence-corrected chi connectivity index (χ2v) is 6.32. The van der Waals surface area contributed by atoms with E-state index in [1.807, 2.05) is 27.7 Å². The van der Waals surface area contributed by atoms with Gasteiger partial charge in [0.2, 0.25) is 0 Å². The maximum absolute atomic E-state index is 11.5. The second kappa shape index (κ2) is 7.10. The van der Waals surface area contributed by atoms with Crippen LogP contribution >= 0.6 is 0 Å². The van der Waals surface area contributed by atoms with Gasteiger partial charge in [0, 0.05) is 19.2 Å². The van der Waals surface area contributed by atoms with E-state index in [1.54, 1.807) is 7.11 Å². The molecule has 1 saturated carbocycles. The molecule has 2 N–H and O–H groups in total. The Morgan fingerprint density at radius 2 is 2.00 bits per heavy atom. The smallest absolute Gasteiger partial charge is 0.407 e. The van der Waals surface area contributed by atoms with Crippen molar-refractivity contribution in [2.75, 3.05) is 13.7 Å². The van der Waals surface area contributed by atoms with E-state index < -0.39 is 5.60 Å². The highest BCUT2D eigenvalue weighted by Crippen LogP contribution is 2.22. The zero-order valence-electron chi connectivity index (χ0n) is 12.8. The van der Waals surface area contributed by atoms with E-state index in [0.717, 1.165) is 25.8 Å². The molecule has 0 bridgehead atoms. The fraction of sp³-hybridized carbons (Fsp3) is 0.929. The summed E-state index contributed by atoms with van der Waals surface area (Å²) in [6, 6.07) is 0.680. The van der Waals surface area contributed by atoms with Gasteiger partial charge in [-0.3, -0.25) is 0 Å². The fourth-order valence-electron chi connectivity index (χ4n) is 2.01. The Labute approximate surface area is 116 Å². The Bertz CT molecular complexity index is 283. The minimum atomic E-state index is -0.441. The van der Waals surface area contributed by atoms with E-state index in [1.165, 1.54) is 0 Å². The molecule has 112 valence electrons. The van der Waals surface area contributed by atoms with Crippen LogP contribution in [-0.4, -0.2) is 43.5 Å². The zero-order valence-corrected chi connectivity index (χ0v) is 12.8. The van der Waals surface area contributed by atoms with Crippen LogP contribution in [-0.2, 0) is 9.47 Å². The van der Waals surface area contributed by atoms with Crippen molar-refractivity contribution in [3.05, 3.63) is 0 Å². The van der Waals surface area contributed by atoms with Gasteiger partial charge in [-0.2, -0.15) is 0 Å². The van der Waals surface area contributed by atoms with Crippen LogP contribution in [0.3, 0.4) is 0 Å². The molecule has 0 saturated heterocycles. The number of alkyl carbamates (subject to hydrolysis) is 1. The van der Waals surface area contributed by atoms with Crippen molar-refractivity contribution in [2.24, 2.45) is 0 Å². The van der Waals surface area contributed by atoms with Crippen LogP contribution < -0.4 is 10.6 Å². The highest BCUT2D eigenvalue weighted by molar-refractivity contribution is 5.67. The summed E-state index contributed by atoms with van der Waals surface area (Å²) in [6.07, 6.45) is 3.15. The lowest BCUT2D eigenvalue weighted by molar-refractivity contribution is 0.0173. The van der Waals surface area contributed by atoms with E-state index in [9.17, 15) is 4.79 Å². The van der Waals surface area contributed by atoms with Gasteiger partial charge in [0.25, 0.3) is 0 Å². The van der Waals surface area contributed by atoms with Crippen LogP contribution in [0.15, 0.2) is 0 Å². The predicted molar refractivity (Wildman–Crippen MR) is 75.3 cm³/mol. The number of methoxy groups -OCH3 is 1. The molecule has 1 unspecified atom stereocenters. The molecular formula is C14H28N2O3. The van der Waals surface area contributed by atoms with Crippen molar-refractivity contribution in [3.63, 3.8) is 0 Å². The molecule has 1 amide bonds. The summed E-state index contributed by atoms with van der Waals surface area (Å²) in [5, 5.41) is 6.30. The summed E-state index contributed by atoms with van der Waals surface area (Å²) in [5.74, 6) is 0. The van der Waals surface area contributed by atoms with Gasteiger partial charge in [0.1, 0.15) is 5.60 Å². The summed E-state index contributed by atoms with van der Waals surface area (Å²) in [6.45, 7) is 8.48. The Kier molecular flexibility index (Phi) is 6.07. The molecule has 0 aromatic heterocycles. The van der Waals surface area contributed by atoms with Gasteiger partial charge in [-0.25, -0.2) is 4.79 Å². The average molecular weight is 272 g/mol. The van der Waals surface area contributed by atoms with Gasteiger partial charge in [-0.1, -0.05) is 0 Å². The third kappa shape index (κ3) is 6.78. The van der Waals surface area contributed by atoms with Crippen LogP contribution in [0.4, 0.5) is 4.79 Å². The normalized spacial score (nSPS) is 24.5.